The Hall–Kier alpha value is -2.92. The lowest BCUT2D eigenvalue weighted by Gasteiger charge is -2.41. The van der Waals surface area contributed by atoms with Gasteiger partial charge in [-0.3, -0.25) is 4.90 Å². The lowest BCUT2D eigenvalue weighted by Crippen LogP contribution is -2.49. The Labute approximate surface area is 170 Å². The summed E-state index contributed by atoms with van der Waals surface area (Å²) in [6, 6.07) is 22.0. The molecule has 2 saturated heterocycles. The third-order valence-corrected chi connectivity index (χ3v) is 6.41. The van der Waals surface area contributed by atoms with Gasteiger partial charge in [0, 0.05) is 30.1 Å². The van der Waals surface area contributed by atoms with E-state index in [4.69, 9.17) is 9.26 Å². The predicted octanol–water partition coefficient (Wildman–Crippen LogP) is 4.52. The highest BCUT2D eigenvalue weighted by Crippen LogP contribution is 2.45. The highest BCUT2D eigenvalue weighted by molar-refractivity contribution is 5.89. The first-order valence-corrected chi connectivity index (χ1v) is 10.2. The molecular formula is C24H24N2O3. The van der Waals surface area contributed by atoms with Crippen molar-refractivity contribution >= 4 is 5.97 Å². The number of hydrogen-bond donors (Lipinski definition) is 0. The van der Waals surface area contributed by atoms with Crippen molar-refractivity contribution in [1.29, 1.82) is 0 Å². The van der Waals surface area contributed by atoms with Crippen LogP contribution in [0, 0.1) is 0 Å². The summed E-state index contributed by atoms with van der Waals surface area (Å²) >= 11 is 0. The predicted molar refractivity (Wildman–Crippen MR) is 110 cm³/mol. The molecule has 5 rings (SSSR count). The molecule has 5 heteroatoms. The Morgan fingerprint density at radius 1 is 1.07 bits per heavy atom. The summed E-state index contributed by atoms with van der Waals surface area (Å²) in [5.74, 6) is 0.510. The number of carbonyl (C=O) groups excluding carboxylic acids is 1. The van der Waals surface area contributed by atoms with Crippen LogP contribution in [0.25, 0.3) is 11.3 Å². The molecule has 0 radical (unpaired) electrons. The molecule has 4 atom stereocenters. The highest BCUT2D eigenvalue weighted by atomic mass is 16.5. The van der Waals surface area contributed by atoms with Crippen molar-refractivity contribution in [2.24, 2.45) is 0 Å². The molecule has 2 bridgehead atoms. The minimum absolute atomic E-state index is 0.0172. The monoisotopic (exact) mass is 388 g/mol. The Balaban J connectivity index is 1.45. The first-order chi connectivity index (χ1) is 14.2. The van der Waals surface area contributed by atoms with Crippen molar-refractivity contribution in [2.75, 3.05) is 7.05 Å². The van der Waals surface area contributed by atoms with Gasteiger partial charge in [0.1, 0.15) is 17.6 Å². The second kappa shape index (κ2) is 7.48. The number of rotatable bonds is 4. The summed E-state index contributed by atoms with van der Waals surface area (Å²) in [5.41, 5.74) is 2.42. The molecule has 3 heterocycles. The summed E-state index contributed by atoms with van der Waals surface area (Å²) < 4.78 is 11.8. The van der Waals surface area contributed by atoms with Crippen molar-refractivity contribution in [2.45, 2.75) is 43.4 Å². The molecule has 4 unspecified atom stereocenters. The average molecular weight is 388 g/mol. The standard InChI is InChI=1S/C24H24N2O3/c1-26-18-12-13-20(26)23(21(14-18)28-24(27)17-10-6-3-7-11-17)22-15-19(25-29-22)16-8-4-2-5-9-16/h2-11,15,18,20-21,23H,12-14H2,1H3. The van der Waals surface area contributed by atoms with Crippen LogP contribution < -0.4 is 0 Å². The van der Waals surface area contributed by atoms with Crippen LogP contribution in [0.15, 0.2) is 71.3 Å². The Morgan fingerprint density at radius 2 is 1.79 bits per heavy atom. The lowest BCUT2D eigenvalue weighted by molar-refractivity contribution is -0.0177. The zero-order chi connectivity index (χ0) is 19.8. The first kappa shape index (κ1) is 18.1. The molecule has 0 spiro atoms. The highest BCUT2D eigenvalue weighted by Gasteiger charge is 2.49. The molecule has 0 N–H and O–H groups in total. The molecule has 0 amide bonds. The van der Waals surface area contributed by atoms with E-state index >= 15 is 0 Å². The molecule has 3 aromatic rings. The first-order valence-electron chi connectivity index (χ1n) is 10.2. The van der Waals surface area contributed by atoms with E-state index in [-0.39, 0.29) is 18.0 Å². The number of hydrogen-bond acceptors (Lipinski definition) is 5. The fourth-order valence-corrected chi connectivity index (χ4v) is 4.89. The number of ether oxygens (including phenoxy) is 1. The molecule has 1 aromatic heterocycles. The van der Waals surface area contributed by atoms with E-state index in [0.717, 1.165) is 36.3 Å². The third-order valence-electron chi connectivity index (χ3n) is 6.41. The number of likely N-dealkylation sites (N-methyl/N-ethyl adjacent to an activating group) is 1. The van der Waals surface area contributed by atoms with Gasteiger partial charge >= 0.3 is 5.97 Å². The molecule has 5 nitrogen and oxygen atoms in total. The van der Waals surface area contributed by atoms with Crippen molar-refractivity contribution in [1.82, 2.24) is 10.1 Å². The van der Waals surface area contributed by atoms with Gasteiger partial charge in [-0.05, 0) is 32.0 Å². The number of carbonyl (C=O) groups is 1. The summed E-state index contributed by atoms with van der Waals surface area (Å²) in [4.78, 5) is 15.2. The van der Waals surface area contributed by atoms with E-state index < -0.39 is 0 Å². The van der Waals surface area contributed by atoms with Gasteiger partial charge in [0.05, 0.1) is 11.5 Å². The van der Waals surface area contributed by atoms with Crippen LogP contribution in [0.2, 0.25) is 0 Å². The Kier molecular flexibility index (Phi) is 4.68. The number of nitrogens with zero attached hydrogens (tertiary/aromatic N) is 2. The van der Waals surface area contributed by atoms with Crippen LogP contribution in [-0.4, -0.2) is 41.3 Å². The Morgan fingerprint density at radius 3 is 2.55 bits per heavy atom. The van der Waals surface area contributed by atoms with Crippen LogP contribution in [0.3, 0.4) is 0 Å². The van der Waals surface area contributed by atoms with Gasteiger partial charge in [0.2, 0.25) is 0 Å². The fourth-order valence-electron chi connectivity index (χ4n) is 4.89. The quantitative estimate of drug-likeness (QED) is 0.615. The van der Waals surface area contributed by atoms with E-state index in [1.54, 1.807) is 12.1 Å². The molecule has 148 valence electrons. The van der Waals surface area contributed by atoms with Gasteiger partial charge in [-0.15, -0.1) is 0 Å². The maximum atomic E-state index is 12.7. The smallest absolute Gasteiger partial charge is 0.338 e. The topological polar surface area (TPSA) is 55.6 Å². The average Bonchev–Trinajstić information content (AvgIpc) is 3.33. The second-order valence-electron chi connectivity index (χ2n) is 8.02. The molecule has 2 aliphatic rings. The number of esters is 1. The van der Waals surface area contributed by atoms with E-state index in [9.17, 15) is 4.79 Å². The minimum Gasteiger partial charge on any atom is -0.458 e. The minimum atomic E-state index is -0.271. The summed E-state index contributed by atoms with van der Waals surface area (Å²) in [5, 5.41) is 4.31. The number of aromatic nitrogens is 1. The number of benzene rings is 2. The van der Waals surface area contributed by atoms with Crippen LogP contribution >= 0.6 is 0 Å². The van der Waals surface area contributed by atoms with Crippen LogP contribution in [0.1, 0.15) is 41.3 Å². The van der Waals surface area contributed by atoms with Gasteiger partial charge in [-0.25, -0.2) is 4.79 Å². The van der Waals surface area contributed by atoms with Gasteiger partial charge in [-0.1, -0.05) is 53.7 Å². The molecule has 0 saturated carbocycles. The molecule has 0 aliphatic carbocycles. The van der Waals surface area contributed by atoms with Gasteiger partial charge < -0.3 is 9.26 Å². The fraction of sp³-hybridized carbons (Fsp3) is 0.333. The molecule has 29 heavy (non-hydrogen) atoms. The van der Waals surface area contributed by atoms with Gasteiger partial charge in [0.15, 0.2) is 0 Å². The molecular weight excluding hydrogens is 364 g/mol. The maximum Gasteiger partial charge on any atom is 0.338 e. The zero-order valence-corrected chi connectivity index (χ0v) is 16.4. The van der Waals surface area contributed by atoms with Crippen LogP contribution in [0.4, 0.5) is 0 Å². The van der Waals surface area contributed by atoms with E-state index in [1.165, 1.54) is 0 Å². The zero-order valence-electron chi connectivity index (χ0n) is 16.4. The van der Waals surface area contributed by atoms with Crippen molar-refractivity contribution < 1.29 is 14.1 Å². The van der Waals surface area contributed by atoms with E-state index in [1.807, 2.05) is 54.6 Å². The van der Waals surface area contributed by atoms with Crippen LogP contribution in [-0.2, 0) is 4.74 Å². The van der Waals surface area contributed by atoms with Crippen molar-refractivity contribution in [3.63, 3.8) is 0 Å². The van der Waals surface area contributed by atoms with Gasteiger partial charge in [0.25, 0.3) is 0 Å². The number of piperidine rings is 1. The van der Waals surface area contributed by atoms with Crippen molar-refractivity contribution in [3.05, 3.63) is 78.1 Å². The normalized spacial score (nSPS) is 26.4. The van der Waals surface area contributed by atoms with Crippen LogP contribution in [0.5, 0.6) is 0 Å². The summed E-state index contributed by atoms with van der Waals surface area (Å²) in [7, 11) is 2.17. The van der Waals surface area contributed by atoms with E-state index in [0.29, 0.717) is 17.6 Å². The third kappa shape index (κ3) is 3.36. The lowest BCUT2D eigenvalue weighted by atomic mass is 9.85. The Bertz CT molecular complexity index is 986. The summed E-state index contributed by atoms with van der Waals surface area (Å²) in [6.45, 7) is 0. The largest absolute Gasteiger partial charge is 0.458 e. The second-order valence-corrected chi connectivity index (χ2v) is 8.02. The number of fused-ring (bicyclic) bond motifs is 2. The molecule has 2 aliphatic heterocycles. The summed E-state index contributed by atoms with van der Waals surface area (Å²) in [6.07, 6.45) is 2.80. The maximum absolute atomic E-state index is 12.7. The van der Waals surface area contributed by atoms with Gasteiger partial charge in [-0.2, -0.15) is 0 Å². The SMILES string of the molecule is CN1C2CCC1C(c1cc(-c3ccccc3)no1)C(OC(=O)c1ccccc1)C2. The van der Waals surface area contributed by atoms with E-state index in [2.05, 4.69) is 17.1 Å². The molecule has 2 fully saturated rings. The van der Waals surface area contributed by atoms with Crippen molar-refractivity contribution in [3.8, 4) is 11.3 Å². The molecule has 2 aromatic carbocycles.